The summed E-state index contributed by atoms with van der Waals surface area (Å²) in [6.45, 7) is 0.0823. The van der Waals surface area contributed by atoms with Gasteiger partial charge in [0.15, 0.2) is 0 Å². The van der Waals surface area contributed by atoms with E-state index in [9.17, 15) is 14.4 Å². The quantitative estimate of drug-likeness (QED) is 0.668. The number of piperazine rings is 1. The van der Waals surface area contributed by atoms with E-state index in [4.69, 9.17) is 5.73 Å². The molecule has 0 saturated carbocycles. The number of anilines is 1. The summed E-state index contributed by atoms with van der Waals surface area (Å²) in [5.41, 5.74) is 8.99. The fraction of sp³-hybridized carbons (Fsp3) is 0.160. The molecular formula is C25H23N3O3. The standard InChI is InChI=1S/C25H23N3O3/c26-24(30)25(31)27-17-23(29)28(16-20(27)15-18-9-3-1-4-10-18)22-14-8-7-13-21(22)19-11-5-2-6-12-19/h1-14,20H,15-17H2,(H2,26,30)/t20-/m1/s1. The molecule has 2 N–H and O–H groups in total. The fourth-order valence-electron chi connectivity index (χ4n) is 4.01. The Bertz CT molecular complexity index is 1100. The molecule has 1 heterocycles. The van der Waals surface area contributed by atoms with E-state index in [1.54, 1.807) is 4.90 Å². The highest BCUT2D eigenvalue weighted by Gasteiger charge is 2.38. The maximum absolute atomic E-state index is 13.1. The summed E-state index contributed by atoms with van der Waals surface area (Å²) in [4.78, 5) is 40.2. The predicted molar refractivity (Wildman–Crippen MR) is 119 cm³/mol. The van der Waals surface area contributed by atoms with Crippen molar-refractivity contribution in [2.24, 2.45) is 5.73 Å². The number of benzene rings is 3. The smallest absolute Gasteiger partial charge is 0.312 e. The molecule has 0 unspecified atom stereocenters. The van der Waals surface area contributed by atoms with Crippen LogP contribution < -0.4 is 10.6 Å². The first-order chi connectivity index (χ1) is 15.0. The van der Waals surface area contributed by atoms with Crippen LogP contribution in [0.3, 0.4) is 0 Å². The zero-order chi connectivity index (χ0) is 21.8. The molecule has 3 amide bonds. The van der Waals surface area contributed by atoms with E-state index >= 15 is 0 Å². The van der Waals surface area contributed by atoms with Crippen molar-refractivity contribution in [1.29, 1.82) is 0 Å². The number of carbonyl (C=O) groups is 3. The van der Waals surface area contributed by atoms with E-state index in [2.05, 4.69) is 0 Å². The second-order valence-corrected chi connectivity index (χ2v) is 7.53. The Balaban J connectivity index is 1.70. The first kappa shape index (κ1) is 20.3. The largest absolute Gasteiger partial charge is 0.361 e. The molecule has 1 aliphatic rings. The predicted octanol–water partition coefficient (Wildman–Crippen LogP) is 2.63. The molecule has 6 heteroatoms. The lowest BCUT2D eigenvalue weighted by Gasteiger charge is -2.41. The van der Waals surface area contributed by atoms with Gasteiger partial charge in [0.05, 0.1) is 11.7 Å². The van der Waals surface area contributed by atoms with E-state index in [-0.39, 0.29) is 25.0 Å². The molecule has 6 nitrogen and oxygen atoms in total. The molecule has 0 aromatic heterocycles. The Morgan fingerprint density at radius 2 is 1.48 bits per heavy atom. The molecule has 0 spiro atoms. The lowest BCUT2D eigenvalue weighted by Crippen LogP contribution is -2.60. The van der Waals surface area contributed by atoms with Gasteiger partial charge in [-0.05, 0) is 23.6 Å². The monoisotopic (exact) mass is 413 g/mol. The van der Waals surface area contributed by atoms with Gasteiger partial charge in [0.25, 0.3) is 0 Å². The maximum Gasteiger partial charge on any atom is 0.312 e. The van der Waals surface area contributed by atoms with Crippen LogP contribution in [0.1, 0.15) is 5.56 Å². The minimum atomic E-state index is -1.05. The van der Waals surface area contributed by atoms with Crippen molar-refractivity contribution in [2.75, 3.05) is 18.0 Å². The normalized spacial score (nSPS) is 16.3. The van der Waals surface area contributed by atoms with Crippen LogP contribution in [0.4, 0.5) is 5.69 Å². The summed E-state index contributed by atoms with van der Waals surface area (Å²) < 4.78 is 0. The van der Waals surface area contributed by atoms with Gasteiger partial charge in [0.2, 0.25) is 5.91 Å². The minimum Gasteiger partial charge on any atom is -0.361 e. The van der Waals surface area contributed by atoms with Crippen molar-refractivity contribution in [3.8, 4) is 11.1 Å². The highest BCUT2D eigenvalue weighted by atomic mass is 16.2. The fourth-order valence-corrected chi connectivity index (χ4v) is 4.01. The van der Waals surface area contributed by atoms with Crippen LogP contribution in [0.15, 0.2) is 84.9 Å². The van der Waals surface area contributed by atoms with Crippen LogP contribution in [0, 0.1) is 0 Å². The summed E-state index contributed by atoms with van der Waals surface area (Å²) >= 11 is 0. The molecule has 1 saturated heterocycles. The van der Waals surface area contributed by atoms with Gasteiger partial charge in [-0.25, -0.2) is 0 Å². The number of para-hydroxylation sites is 1. The van der Waals surface area contributed by atoms with Gasteiger partial charge in [0, 0.05) is 12.1 Å². The SMILES string of the molecule is NC(=O)C(=O)N1CC(=O)N(c2ccccc2-c2ccccc2)C[C@H]1Cc1ccccc1. The molecule has 1 atom stereocenters. The van der Waals surface area contributed by atoms with E-state index in [0.29, 0.717) is 6.42 Å². The van der Waals surface area contributed by atoms with Crippen molar-refractivity contribution in [2.45, 2.75) is 12.5 Å². The third kappa shape index (κ3) is 4.33. The molecule has 156 valence electrons. The van der Waals surface area contributed by atoms with Gasteiger partial charge in [-0.3, -0.25) is 14.4 Å². The van der Waals surface area contributed by atoms with Gasteiger partial charge in [-0.15, -0.1) is 0 Å². The summed E-state index contributed by atoms with van der Waals surface area (Å²) in [6, 6.07) is 26.9. The third-order valence-corrected chi connectivity index (χ3v) is 5.51. The molecule has 3 aromatic carbocycles. The third-order valence-electron chi connectivity index (χ3n) is 5.51. The summed E-state index contributed by atoms with van der Waals surface area (Å²) in [7, 11) is 0. The summed E-state index contributed by atoms with van der Waals surface area (Å²) in [5, 5.41) is 0. The molecule has 0 bridgehead atoms. The highest BCUT2D eigenvalue weighted by molar-refractivity contribution is 6.35. The van der Waals surface area contributed by atoms with Crippen LogP contribution >= 0.6 is 0 Å². The van der Waals surface area contributed by atoms with E-state index in [0.717, 1.165) is 22.4 Å². The topological polar surface area (TPSA) is 83.7 Å². The number of rotatable bonds is 4. The van der Waals surface area contributed by atoms with Gasteiger partial charge < -0.3 is 15.5 Å². The number of hydrogen-bond donors (Lipinski definition) is 1. The Morgan fingerprint density at radius 3 is 2.16 bits per heavy atom. The van der Waals surface area contributed by atoms with Crippen LogP contribution in [0.5, 0.6) is 0 Å². The first-order valence-corrected chi connectivity index (χ1v) is 10.1. The molecule has 4 rings (SSSR count). The summed E-state index contributed by atoms with van der Waals surface area (Å²) in [6.07, 6.45) is 0.511. The van der Waals surface area contributed by atoms with Crippen LogP contribution in [-0.4, -0.2) is 41.8 Å². The van der Waals surface area contributed by atoms with E-state index < -0.39 is 11.8 Å². The van der Waals surface area contributed by atoms with Crippen molar-refractivity contribution in [1.82, 2.24) is 4.90 Å². The number of hydrogen-bond acceptors (Lipinski definition) is 3. The van der Waals surface area contributed by atoms with Crippen molar-refractivity contribution < 1.29 is 14.4 Å². The van der Waals surface area contributed by atoms with Crippen LogP contribution in [-0.2, 0) is 20.8 Å². The lowest BCUT2D eigenvalue weighted by molar-refractivity contribution is -0.148. The van der Waals surface area contributed by atoms with E-state index in [1.165, 1.54) is 4.90 Å². The zero-order valence-electron chi connectivity index (χ0n) is 17.0. The molecule has 1 fully saturated rings. The van der Waals surface area contributed by atoms with Gasteiger partial charge in [-0.2, -0.15) is 0 Å². The lowest BCUT2D eigenvalue weighted by atomic mass is 9.98. The molecule has 3 aromatic rings. The van der Waals surface area contributed by atoms with Crippen molar-refractivity contribution >= 4 is 23.4 Å². The van der Waals surface area contributed by atoms with Gasteiger partial charge in [-0.1, -0.05) is 78.9 Å². The van der Waals surface area contributed by atoms with Gasteiger partial charge >= 0.3 is 11.8 Å². The first-order valence-electron chi connectivity index (χ1n) is 10.1. The Hall–Kier alpha value is -3.93. The Kier molecular flexibility index (Phi) is 5.80. The molecule has 0 aliphatic carbocycles. The van der Waals surface area contributed by atoms with Crippen LogP contribution in [0.2, 0.25) is 0 Å². The van der Waals surface area contributed by atoms with Crippen molar-refractivity contribution in [3.63, 3.8) is 0 Å². The Morgan fingerprint density at radius 1 is 0.871 bits per heavy atom. The van der Waals surface area contributed by atoms with E-state index in [1.807, 2.05) is 84.9 Å². The number of nitrogens with zero attached hydrogens (tertiary/aromatic N) is 2. The molecule has 31 heavy (non-hydrogen) atoms. The zero-order valence-corrected chi connectivity index (χ0v) is 17.0. The average Bonchev–Trinajstić information content (AvgIpc) is 2.80. The second-order valence-electron chi connectivity index (χ2n) is 7.53. The van der Waals surface area contributed by atoms with Gasteiger partial charge in [0.1, 0.15) is 6.54 Å². The number of primary amides is 1. The molecular weight excluding hydrogens is 390 g/mol. The second kappa shape index (κ2) is 8.83. The maximum atomic E-state index is 13.1. The molecule has 1 aliphatic heterocycles. The van der Waals surface area contributed by atoms with Crippen LogP contribution in [0.25, 0.3) is 11.1 Å². The number of nitrogens with two attached hydrogens (primary N) is 1. The van der Waals surface area contributed by atoms with Crippen molar-refractivity contribution in [3.05, 3.63) is 90.5 Å². The number of amides is 3. The minimum absolute atomic E-state index is 0.192. The summed E-state index contributed by atoms with van der Waals surface area (Å²) in [5.74, 6) is -2.13. The average molecular weight is 413 g/mol. The highest BCUT2D eigenvalue weighted by Crippen LogP contribution is 2.32. The number of carbonyl (C=O) groups excluding carboxylic acids is 3. The molecule has 0 radical (unpaired) electrons. The Labute approximate surface area is 180 Å².